The number of thioether (sulfide) groups is 2. The fraction of sp³-hybridized carbons (Fsp3) is 0.590. The Morgan fingerprint density at radius 2 is 1.11 bits per heavy atom. The number of rotatable bonds is 20. The third kappa shape index (κ3) is 13.7. The van der Waals surface area contributed by atoms with Crippen molar-refractivity contribution < 1.29 is 33.7 Å². The molecule has 55 heavy (non-hydrogen) atoms. The molecule has 2 aromatic carbocycles. The Kier molecular flexibility index (Phi) is 20.1. The van der Waals surface area contributed by atoms with Crippen LogP contribution < -0.4 is 10.6 Å². The minimum absolute atomic E-state index is 0. The summed E-state index contributed by atoms with van der Waals surface area (Å²) >= 11 is 9.28. The van der Waals surface area contributed by atoms with Crippen LogP contribution in [0.3, 0.4) is 0 Å². The quantitative estimate of drug-likeness (QED) is 0.0438. The molecule has 0 saturated heterocycles. The van der Waals surface area contributed by atoms with E-state index < -0.39 is 27.9 Å². The van der Waals surface area contributed by atoms with Crippen molar-refractivity contribution in [2.24, 2.45) is 10.8 Å². The highest BCUT2D eigenvalue weighted by atomic mass is 32.2. The smallest absolute Gasteiger partial charge is 0.328 e. The molecule has 2 aliphatic carbocycles. The molecule has 0 spiro atoms. The van der Waals surface area contributed by atoms with Crippen molar-refractivity contribution in [3.05, 3.63) is 79.9 Å². The number of nitrogens with one attached hydrogen (secondary N) is 2. The number of amides is 1. The minimum Gasteiger partial charge on any atom is -0.467 e. The Morgan fingerprint density at radius 1 is 0.727 bits per heavy atom. The molecule has 2 aliphatic rings. The highest BCUT2D eigenvalue weighted by molar-refractivity contribution is 7.98. The van der Waals surface area contributed by atoms with Crippen molar-refractivity contribution in [1.82, 2.24) is 10.6 Å². The van der Waals surface area contributed by atoms with Crippen LogP contribution in [-0.4, -0.2) is 83.0 Å². The maximum absolute atomic E-state index is 12.9. The van der Waals surface area contributed by atoms with E-state index in [1.165, 1.54) is 38.5 Å². The Labute approximate surface area is 338 Å². The number of carbonyl (C=O) groups excluding carboxylic acids is 3. The van der Waals surface area contributed by atoms with Crippen molar-refractivity contribution in [2.45, 2.75) is 96.6 Å². The number of benzene rings is 2. The summed E-state index contributed by atoms with van der Waals surface area (Å²) in [5.41, 5.74) is 1.17. The van der Waals surface area contributed by atoms with Gasteiger partial charge >= 0.3 is 11.9 Å². The third-order valence-corrected chi connectivity index (χ3v) is 12.3. The Hall–Kier alpha value is -3.76. The van der Waals surface area contributed by atoms with E-state index in [2.05, 4.69) is 16.9 Å². The van der Waals surface area contributed by atoms with Crippen LogP contribution in [0.5, 0.6) is 0 Å². The van der Waals surface area contributed by atoms with Crippen LogP contribution >= 0.6 is 35.7 Å². The standard InChI is InChI=1S/C19H26N2O5S.C19H26N2O4S2.CH4/c1-26-17(22)16(13-14-5-7-15(8-6-14)21(24)25)20-18(23)19(9-3-10-19)11-4-12-27-2;1-25-17(22)16(13-14-5-7-15(8-6-14)21(23)24)20-18(26)19(9-3-10-19)11-4-12-27-2;/h5-8,16H,3-4,9-13H2,1-2H3,(H,20,23);5-8,16H,3-4,9-13H2,1-2H3,(H,20,26);1H4. The summed E-state index contributed by atoms with van der Waals surface area (Å²) in [5, 5.41) is 27.7. The van der Waals surface area contributed by atoms with Crippen molar-refractivity contribution >= 4 is 70.0 Å². The zero-order valence-electron chi connectivity index (χ0n) is 31.5. The molecular formula is C39H56N4O9S3. The lowest BCUT2D eigenvalue weighted by molar-refractivity contribution is -0.385. The van der Waals surface area contributed by atoms with Gasteiger partial charge in [0, 0.05) is 47.9 Å². The Morgan fingerprint density at radius 3 is 1.44 bits per heavy atom. The molecule has 2 aromatic rings. The molecule has 2 saturated carbocycles. The molecule has 1 amide bonds. The van der Waals surface area contributed by atoms with Crippen molar-refractivity contribution in [3.8, 4) is 0 Å². The van der Waals surface area contributed by atoms with E-state index in [-0.39, 0.29) is 47.9 Å². The fourth-order valence-electron chi connectivity index (χ4n) is 6.77. The molecule has 304 valence electrons. The predicted molar refractivity (Wildman–Crippen MR) is 224 cm³/mol. The van der Waals surface area contributed by atoms with Gasteiger partial charge in [0.25, 0.3) is 11.4 Å². The zero-order valence-corrected chi connectivity index (χ0v) is 33.9. The molecule has 0 bridgehead atoms. The van der Waals surface area contributed by atoms with Gasteiger partial charge in [-0.1, -0.05) is 56.8 Å². The number of non-ortho nitro benzene ring substituents is 2. The Bertz CT molecular complexity index is 1470. The summed E-state index contributed by atoms with van der Waals surface area (Å²) in [6, 6.07) is 10.8. The van der Waals surface area contributed by atoms with Gasteiger partial charge in [0.2, 0.25) is 5.91 Å². The SMILES string of the molecule is C.COC(=O)C(Cc1ccc([N+](=O)[O-])cc1)NC(=O)C1(CCCSC)CCC1.COC(=O)C(Cc1ccc([N+](=O)[O-])cc1)NC(=S)C1(CCCSC)CCC1. The number of hydrogen-bond donors (Lipinski definition) is 2. The molecule has 4 rings (SSSR count). The van der Waals surface area contributed by atoms with Crippen LogP contribution in [-0.2, 0) is 36.7 Å². The van der Waals surface area contributed by atoms with Gasteiger partial charge in [-0.3, -0.25) is 25.0 Å². The first kappa shape index (κ1) is 47.4. The predicted octanol–water partition coefficient (Wildman–Crippen LogP) is 7.65. The zero-order chi connectivity index (χ0) is 39.7. The second kappa shape index (κ2) is 23.3. The molecule has 0 heterocycles. The number of nitro benzene ring substituents is 2. The van der Waals surface area contributed by atoms with E-state index in [9.17, 15) is 34.6 Å². The maximum Gasteiger partial charge on any atom is 0.328 e. The molecule has 2 unspecified atom stereocenters. The molecule has 13 nitrogen and oxygen atoms in total. The van der Waals surface area contributed by atoms with Gasteiger partial charge < -0.3 is 20.1 Å². The summed E-state index contributed by atoms with van der Waals surface area (Å²) in [6.07, 6.45) is 14.7. The van der Waals surface area contributed by atoms with Crippen LogP contribution in [0, 0.1) is 31.1 Å². The topological polar surface area (TPSA) is 180 Å². The molecule has 0 aliphatic heterocycles. The summed E-state index contributed by atoms with van der Waals surface area (Å²) in [5.74, 6) is 1.13. The molecule has 16 heteroatoms. The molecule has 0 aromatic heterocycles. The lowest BCUT2D eigenvalue weighted by atomic mass is 9.65. The van der Waals surface area contributed by atoms with Crippen LogP contribution in [0.25, 0.3) is 0 Å². The van der Waals surface area contributed by atoms with Crippen molar-refractivity contribution in [1.29, 1.82) is 0 Å². The van der Waals surface area contributed by atoms with Gasteiger partial charge in [-0.15, -0.1) is 0 Å². The molecule has 0 radical (unpaired) electrons. The average Bonchev–Trinajstić information content (AvgIpc) is 3.13. The fourth-order valence-corrected chi connectivity index (χ4v) is 8.09. The number of nitrogens with zero attached hydrogens (tertiary/aromatic N) is 2. The normalized spacial score (nSPS) is 15.8. The molecular weight excluding hydrogens is 765 g/mol. The van der Waals surface area contributed by atoms with Gasteiger partial charge in [-0.2, -0.15) is 23.5 Å². The summed E-state index contributed by atoms with van der Waals surface area (Å²) < 4.78 is 9.78. The molecule has 2 atom stereocenters. The summed E-state index contributed by atoms with van der Waals surface area (Å²) in [7, 11) is 2.64. The average molecular weight is 821 g/mol. The number of carbonyl (C=O) groups is 3. The number of thiocarbonyl (C=S) groups is 1. The molecule has 2 N–H and O–H groups in total. The highest BCUT2D eigenvalue weighted by Crippen LogP contribution is 2.46. The summed E-state index contributed by atoms with van der Waals surface area (Å²) in [6.45, 7) is 0. The van der Waals surface area contributed by atoms with Crippen LogP contribution in [0.15, 0.2) is 48.5 Å². The Balaban J connectivity index is 0.000000373. The van der Waals surface area contributed by atoms with Gasteiger partial charge in [-0.05, 0) is 86.5 Å². The van der Waals surface area contributed by atoms with E-state index in [1.807, 2.05) is 18.0 Å². The van der Waals surface area contributed by atoms with E-state index in [0.717, 1.165) is 91.8 Å². The lowest BCUT2D eigenvalue weighted by Crippen LogP contribution is -2.52. The van der Waals surface area contributed by atoms with Crippen LogP contribution in [0.1, 0.15) is 82.8 Å². The lowest BCUT2D eigenvalue weighted by Gasteiger charge is -2.43. The van der Waals surface area contributed by atoms with E-state index >= 15 is 0 Å². The molecule has 2 fully saturated rings. The van der Waals surface area contributed by atoms with Gasteiger partial charge in [0.05, 0.1) is 29.1 Å². The van der Waals surface area contributed by atoms with E-state index in [0.29, 0.717) is 6.42 Å². The van der Waals surface area contributed by atoms with Gasteiger partial charge in [0.15, 0.2) is 0 Å². The minimum atomic E-state index is -0.804. The third-order valence-electron chi connectivity index (χ3n) is 10.3. The van der Waals surface area contributed by atoms with Gasteiger partial charge in [-0.25, -0.2) is 9.59 Å². The number of hydrogen-bond acceptors (Lipinski definition) is 12. The van der Waals surface area contributed by atoms with Crippen molar-refractivity contribution in [3.63, 3.8) is 0 Å². The van der Waals surface area contributed by atoms with E-state index in [4.69, 9.17) is 21.7 Å². The first-order valence-electron chi connectivity index (χ1n) is 18.1. The number of methoxy groups -OCH3 is 2. The van der Waals surface area contributed by atoms with E-state index in [1.54, 1.807) is 36.0 Å². The first-order valence-corrected chi connectivity index (χ1v) is 21.3. The number of esters is 2. The maximum atomic E-state index is 12.9. The number of ether oxygens (including phenoxy) is 2. The largest absolute Gasteiger partial charge is 0.467 e. The van der Waals surface area contributed by atoms with Crippen molar-refractivity contribution in [2.75, 3.05) is 38.2 Å². The van der Waals surface area contributed by atoms with Crippen LogP contribution in [0.2, 0.25) is 0 Å². The monoisotopic (exact) mass is 820 g/mol. The summed E-state index contributed by atoms with van der Waals surface area (Å²) in [4.78, 5) is 58.7. The van der Waals surface area contributed by atoms with Crippen LogP contribution in [0.4, 0.5) is 11.4 Å². The highest BCUT2D eigenvalue weighted by Gasteiger charge is 2.45. The second-order valence-corrected chi connectivity index (χ2v) is 16.2. The number of nitro groups is 2. The first-order chi connectivity index (χ1) is 25.8. The second-order valence-electron chi connectivity index (χ2n) is 13.8. The van der Waals surface area contributed by atoms with Gasteiger partial charge in [0.1, 0.15) is 12.1 Å².